The number of likely N-dealkylation sites (N-methyl/N-ethyl adjacent to an activating group) is 1. The molecule has 0 saturated heterocycles. The second kappa shape index (κ2) is 4.36. The molecule has 19 heavy (non-hydrogen) atoms. The molecule has 0 aliphatic carbocycles. The first-order valence-corrected chi connectivity index (χ1v) is 5.53. The van der Waals surface area contributed by atoms with E-state index in [2.05, 4.69) is 5.10 Å². The maximum Gasteiger partial charge on any atom is 0.432 e. The van der Waals surface area contributed by atoms with Crippen molar-refractivity contribution in [2.24, 2.45) is 5.10 Å². The van der Waals surface area contributed by atoms with Gasteiger partial charge in [0.05, 0.1) is 0 Å². The molecule has 0 radical (unpaired) electrons. The fourth-order valence-electron chi connectivity index (χ4n) is 2.03. The van der Waals surface area contributed by atoms with Crippen molar-refractivity contribution in [2.75, 3.05) is 7.05 Å². The molecular weight excluding hydrogens is 250 g/mol. The Morgan fingerprint density at radius 3 is 2.47 bits per heavy atom. The van der Waals surface area contributed by atoms with Crippen LogP contribution >= 0.6 is 0 Å². The molecule has 2 rings (SSSR count). The lowest BCUT2D eigenvalue weighted by atomic mass is 9.90. The van der Waals surface area contributed by atoms with E-state index in [0.717, 1.165) is 5.01 Å². The number of hydrogen-bond acceptors (Lipinski definition) is 4. The van der Waals surface area contributed by atoms with Crippen LogP contribution in [0.15, 0.2) is 35.4 Å². The standard InChI is InChI=1S/C12H13N3O4/c1-12(15(19)11(17)18)9(13-14(2)10(12)16)8-6-4-3-5-7-8/h3-7,19H,1-2H3,(H,17,18). The normalized spacial score (nSPS) is 22.4. The Balaban J connectivity index is 2.55. The third-order valence-electron chi connectivity index (χ3n) is 3.07. The molecule has 1 aliphatic rings. The number of rotatable bonds is 2. The van der Waals surface area contributed by atoms with Crippen LogP contribution in [0.2, 0.25) is 0 Å². The molecule has 0 bridgehead atoms. The van der Waals surface area contributed by atoms with Crippen molar-refractivity contribution >= 4 is 17.7 Å². The molecule has 1 atom stereocenters. The number of carboxylic acid groups (broad SMARTS) is 1. The Labute approximate surface area is 109 Å². The number of benzene rings is 1. The van der Waals surface area contributed by atoms with Gasteiger partial charge in [-0.05, 0) is 6.92 Å². The van der Waals surface area contributed by atoms with Crippen LogP contribution in [0.25, 0.3) is 0 Å². The van der Waals surface area contributed by atoms with Crippen LogP contribution in [0.4, 0.5) is 4.79 Å². The lowest BCUT2D eigenvalue weighted by Gasteiger charge is -2.29. The van der Waals surface area contributed by atoms with Crippen LogP contribution in [-0.4, -0.2) is 50.7 Å². The van der Waals surface area contributed by atoms with Gasteiger partial charge in [0, 0.05) is 12.6 Å². The minimum atomic E-state index is -1.75. The average Bonchev–Trinajstić information content (AvgIpc) is 2.64. The fourth-order valence-corrected chi connectivity index (χ4v) is 2.03. The summed E-state index contributed by atoms with van der Waals surface area (Å²) in [6.07, 6.45) is -1.62. The summed E-state index contributed by atoms with van der Waals surface area (Å²) in [6.45, 7) is 1.32. The number of carbonyl (C=O) groups excluding carboxylic acids is 1. The van der Waals surface area contributed by atoms with Crippen molar-refractivity contribution in [3.05, 3.63) is 35.9 Å². The van der Waals surface area contributed by atoms with Crippen LogP contribution < -0.4 is 0 Å². The molecule has 1 aromatic carbocycles. The second-order valence-electron chi connectivity index (χ2n) is 4.31. The Kier molecular flexibility index (Phi) is 2.99. The highest BCUT2D eigenvalue weighted by Gasteiger charge is 2.53. The maximum atomic E-state index is 12.1. The molecule has 0 aromatic heterocycles. The summed E-state index contributed by atoms with van der Waals surface area (Å²) >= 11 is 0. The van der Waals surface area contributed by atoms with E-state index in [0.29, 0.717) is 5.56 Å². The minimum absolute atomic E-state index is 0.00926. The summed E-state index contributed by atoms with van der Waals surface area (Å²) < 4.78 is 0. The number of hydroxylamine groups is 2. The quantitative estimate of drug-likeness (QED) is 0.614. The van der Waals surface area contributed by atoms with E-state index >= 15 is 0 Å². The van der Waals surface area contributed by atoms with Crippen LogP contribution in [0.3, 0.4) is 0 Å². The first kappa shape index (κ1) is 13.0. The van der Waals surface area contributed by atoms with E-state index < -0.39 is 17.5 Å². The first-order valence-electron chi connectivity index (χ1n) is 5.53. The predicted octanol–water partition coefficient (Wildman–Crippen LogP) is 0.991. The van der Waals surface area contributed by atoms with Crippen molar-refractivity contribution in [1.29, 1.82) is 0 Å². The molecule has 7 heteroatoms. The fraction of sp³-hybridized carbons (Fsp3) is 0.250. The van der Waals surface area contributed by atoms with E-state index in [9.17, 15) is 14.8 Å². The summed E-state index contributed by atoms with van der Waals surface area (Å²) in [5.74, 6) is -0.615. The van der Waals surface area contributed by atoms with Crippen molar-refractivity contribution in [1.82, 2.24) is 10.1 Å². The SMILES string of the molecule is CN1N=C(c2ccccc2)C(C)(N(O)C(=O)O)C1=O. The smallest absolute Gasteiger partial charge is 0.432 e. The highest BCUT2D eigenvalue weighted by atomic mass is 16.6. The molecule has 1 heterocycles. The molecule has 7 nitrogen and oxygen atoms in total. The summed E-state index contributed by atoms with van der Waals surface area (Å²) in [6, 6.07) is 8.65. The third-order valence-corrected chi connectivity index (χ3v) is 3.07. The lowest BCUT2D eigenvalue weighted by molar-refractivity contribution is -0.155. The molecule has 1 aromatic rings. The van der Waals surface area contributed by atoms with Crippen LogP contribution in [0.5, 0.6) is 0 Å². The number of nitrogens with zero attached hydrogens (tertiary/aromatic N) is 3. The van der Waals surface area contributed by atoms with Gasteiger partial charge < -0.3 is 5.11 Å². The third kappa shape index (κ3) is 1.84. The summed E-state index contributed by atoms with van der Waals surface area (Å²) in [4.78, 5) is 23.1. The van der Waals surface area contributed by atoms with Gasteiger partial charge in [-0.2, -0.15) is 10.2 Å². The molecule has 100 valence electrons. The van der Waals surface area contributed by atoms with Crippen LogP contribution in [-0.2, 0) is 4.79 Å². The molecule has 1 aliphatic heterocycles. The monoisotopic (exact) mass is 263 g/mol. The molecule has 0 saturated carbocycles. The van der Waals surface area contributed by atoms with Crippen LogP contribution in [0, 0.1) is 0 Å². The number of amides is 2. The van der Waals surface area contributed by atoms with Gasteiger partial charge in [0.1, 0.15) is 5.71 Å². The molecular formula is C12H13N3O4. The summed E-state index contributed by atoms with van der Waals surface area (Å²) in [5.41, 5.74) is -0.990. The zero-order chi connectivity index (χ0) is 14.2. The second-order valence-corrected chi connectivity index (χ2v) is 4.31. The number of hydrazone groups is 1. The van der Waals surface area contributed by atoms with Gasteiger partial charge in [0.15, 0.2) is 5.54 Å². The summed E-state index contributed by atoms with van der Waals surface area (Å²) in [7, 11) is 1.41. The number of hydrogen-bond donors (Lipinski definition) is 2. The Hall–Kier alpha value is -2.41. The van der Waals surface area contributed by atoms with Gasteiger partial charge in [0.25, 0.3) is 5.91 Å². The summed E-state index contributed by atoms with van der Waals surface area (Å²) in [5, 5.41) is 23.7. The maximum absolute atomic E-state index is 12.1. The van der Waals surface area contributed by atoms with Gasteiger partial charge in [-0.15, -0.1) is 0 Å². The Bertz CT molecular complexity index is 557. The number of carbonyl (C=O) groups is 2. The van der Waals surface area contributed by atoms with Gasteiger partial charge >= 0.3 is 6.09 Å². The van der Waals surface area contributed by atoms with Gasteiger partial charge in [-0.3, -0.25) is 10.0 Å². The molecule has 0 spiro atoms. The van der Waals surface area contributed by atoms with Gasteiger partial charge in [0.2, 0.25) is 0 Å². The van der Waals surface area contributed by atoms with E-state index in [4.69, 9.17) is 5.11 Å². The van der Waals surface area contributed by atoms with E-state index in [1.54, 1.807) is 30.3 Å². The first-order chi connectivity index (χ1) is 8.89. The Morgan fingerprint density at radius 1 is 1.37 bits per heavy atom. The van der Waals surface area contributed by atoms with Crippen molar-refractivity contribution in [3.8, 4) is 0 Å². The lowest BCUT2D eigenvalue weighted by Crippen LogP contribution is -2.57. The molecule has 2 N–H and O–H groups in total. The predicted molar refractivity (Wildman–Crippen MR) is 65.8 cm³/mol. The van der Waals surface area contributed by atoms with E-state index in [-0.39, 0.29) is 10.8 Å². The van der Waals surface area contributed by atoms with Crippen molar-refractivity contribution < 1.29 is 19.9 Å². The van der Waals surface area contributed by atoms with Crippen LogP contribution in [0.1, 0.15) is 12.5 Å². The molecule has 2 amide bonds. The molecule has 1 unspecified atom stereocenters. The van der Waals surface area contributed by atoms with Gasteiger partial charge in [-0.1, -0.05) is 30.3 Å². The zero-order valence-electron chi connectivity index (χ0n) is 10.4. The highest BCUT2D eigenvalue weighted by Crippen LogP contribution is 2.28. The average molecular weight is 263 g/mol. The highest BCUT2D eigenvalue weighted by molar-refractivity contribution is 6.23. The van der Waals surface area contributed by atoms with Crippen molar-refractivity contribution in [2.45, 2.75) is 12.5 Å². The topological polar surface area (TPSA) is 93.4 Å². The Morgan fingerprint density at radius 2 is 1.95 bits per heavy atom. The van der Waals surface area contributed by atoms with Gasteiger partial charge in [-0.25, -0.2) is 9.80 Å². The zero-order valence-corrected chi connectivity index (χ0v) is 10.4. The van der Waals surface area contributed by atoms with Crippen molar-refractivity contribution in [3.63, 3.8) is 0 Å². The molecule has 0 fully saturated rings. The van der Waals surface area contributed by atoms with E-state index in [1.807, 2.05) is 0 Å². The largest absolute Gasteiger partial charge is 0.463 e. The minimum Gasteiger partial charge on any atom is -0.463 e. The van der Waals surface area contributed by atoms with E-state index in [1.165, 1.54) is 14.0 Å².